The maximum atomic E-state index is 12.0. The predicted octanol–water partition coefficient (Wildman–Crippen LogP) is 1.29. The molecule has 0 aliphatic rings. The van der Waals surface area contributed by atoms with Gasteiger partial charge in [0.05, 0.1) is 7.11 Å². The smallest absolute Gasteiger partial charge is 0.405 e. The third-order valence-electron chi connectivity index (χ3n) is 1.58. The number of methoxy groups -OCH3 is 1. The monoisotopic (exact) mass is 251 g/mol. The van der Waals surface area contributed by atoms with Crippen LogP contribution < -0.4 is 15.4 Å². The van der Waals surface area contributed by atoms with Crippen LogP contribution in [0.4, 0.5) is 25.1 Å². The zero-order chi connectivity index (χ0) is 12.9. The van der Waals surface area contributed by atoms with Crippen molar-refractivity contribution in [2.45, 2.75) is 13.1 Å². The Labute approximate surface area is 95.6 Å². The van der Waals surface area contributed by atoms with Gasteiger partial charge in [0.25, 0.3) is 0 Å². The predicted molar refractivity (Wildman–Crippen MR) is 55.1 cm³/mol. The van der Waals surface area contributed by atoms with Crippen molar-refractivity contribution in [3.05, 3.63) is 0 Å². The van der Waals surface area contributed by atoms with Gasteiger partial charge in [-0.1, -0.05) is 0 Å². The van der Waals surface area contributed by atoms with E-state index in [9.17, 15) is 13.2 Å². The molecule has 0 unspecified atom stereocenters. The van der Waals surface area contributed by atoms with Crippen molar-refractivity contribution in [1.82, 2.24) is 15.0 Å². The fourth-order valence-corrected chi connectivity index (χ4v) is 0.943. The molecule has 17 heavy (non-hydrogen) atoms. The summed E-state index contributed by atoms with van der Waals surface area (Å²) in [5, 5.41) is 4.81. The molecule has 1 aromatic heterocycles. The Hall–Kier alpha value is -1.80. The summed E-state index contributed by atoms with van der Waals surface area (Å²) in [4.78, 5) is 11.2. The van der Waals surface area contributed by atoms with Crippen LogP contribution in [0.5, 0.6) is 6.01 Å². The van der Waals surface area contributed by atoms with Crippen LogP contribution in [0.25, 0.3) is 0 Å². The summed E-state index contributed by atoms with van der Waals surface area (Å²) < 4.78 is 40.7. The van der Waals surface area contributed by atoms with Crippen LogP contribution in [0.1, 0.15) is 6.92 Å². The highest BCUT2D eigenvalue weighted by molar-refractivity contribution is 5.35. The van der Waals surface area contributed by atoms with Gasteiger partial charge in [-0.25, -0.2) is 0 Å². The van der Waals surface area contributed by atoms with Crippen molar-refractivity contribution in [3.63, 3.8) is 0 Å². The molecule has 0 aliphatic heterocycles. The highest BCUT2D eigenvalue weighted by Crippen LogP contribution is 2.16. The van der Waals surface area contributed by atoms with Gasteiger partial charge >= 0.3 is 12.2 Å². The standard InChI is InChI=1S/C8H12F3N5O/c1-3-12-5-14-6(13-4-8(9,10)11)16-7(15-5)17-2/h3-4H2,1-2H3,(H2,12,13,14,15,16). The van der Waals surface area contributed by atoms with Crippen LogP contribution in [0.15, 0.2) is 0 Å². The number of nitrogens with zero attached hydrogens (tertiary/aromatic N) is 3. The first kappa shape index (κ1) is 13.3. The molecule has 0 fully saturated rings. The van der Waals surface area contributed by atoms with E-state index < -0.39 is 12.7 Å². The maximum Gasteiger partial charge on any atom is 0.405 e. The molecule has 9 heteroatoms. The van der Waals surface area contributed by atoms with Crippen LogP contribution in [-0.4, -0.2) is 41.3 Å². The molecule has 2 N–H and O–H groups in total. The average Bonchev–Trinajstić information content (AvgIpc) is 2.25. The second kappa shape index (κ2) is 5.51. The van der Waals surface area contributed by atoms with Gasteiger partial charge in [-0.05, 0) is 6.92 Å². The molecular weight excluding hydrogens is 239 g/mol. The lowest BCUT2D eigenvalue weighted by molar-refractivity contribution is -0.115. The number of hydrogen-bond donors (Lipinski definition) is 2. The number of halogens is 3. The van der Waals surface area contributed by atoms with E-state index >= 15 is 0 Å². The molecule has 96 valence electrons. The molecule has 0 saturated carbocycles. The summed E-state index contributed by atoms with van der Waals surface area (Å²) in [6.45, 7) is 1.12. The number of hydrogen-bond acceptors (Lipinski definition) is 6. The first-order valence-corrected chi connectivity index (χ1v) is 4.79. The Morgan fingerprint density at radius 3 is 2.18 bits per heavy atom. The summed E-state index contributed by atoms with van der Waals surface area (Å²) in [7, 11) is 1.32. The molecule has 6 nitrogen and oxygen atoms in total. The summed E-state index contributed by atoms with van der Waals surface area (Å²) in [5.74, 6) is -0.0332. The second-order valence-corrected chi connectivity index (χ2v) is 2.97. The van der Waals surface area contributed by atoms with Gasteiger partial charge < -0.3 is 15.4 Å². The van der Waals surface area contributed by atoms with Gasteiger partial charge in [0.2, 0.25) is 11.9 Å². The van der Waals surface area contributed by atoms with Gasteiger partial charge in [-0.3, -0.25) is 0 Å². The first-order chi connectivity index (χ1) is 7.94. The van der Waals surface area contributed by atoms with Crippen LogP contribution in [0, 0.1) is 0 Å². The molecule has 0 spiro atoms. The summed E-state index contributed by atoms with van der Waals surface area (Å²) >= 11 is 0. The molecule has 1 aromatic rings. The number of alkyl halides is 3. The van der Waals surface area contributed by atoms with Crippen LogP contribution >= 0.6 is 0 Å². The third kappa shape index (κ3) is 4.70. The first-order valence-electron chi connectivity index (χ1n) is 4.79. The minimum atomic E-state index is -4.34. The van der Waals surface area contributed by atoms with Crippen molar-refractivity contribution in [2.24, 2.45) is 0 Å². The van der Waals surface area contributed by atoms with E-state index in [0.29, 0.717) is 6.54 Å². The Kier molecular flexibility index (Phi) is 4.30. The summed E-state index contributed by atoms with van der Waals surface area (Å²) in [5.41, 5.74) is 0. The van der Waals surface area contributed by atoms with E-state index in [0.717, 1.165) is 0 Å². The lowest BCUT2D eigenvalue weighted by Gasteiger charge is -2.10. The fourth-order valence-electron chi connectivity index (χ4n) is 0.943. The van der Waals surface area contributed by atoms with Crippen molar-refractivity contribution in [1.29, 1.82) is 0 Å². The Balaban J connectivity index is 2.79. The molecule has 1 heterocycles. The second-order valence-electron chi connectivity index (χ2n) is 2.97. The van der Waals surface area contributed by atoms with E-state index in [1.165, 1.54) is 7.11 Å². The van der Waals surface area contributed by atoms with Crippen LogP contribution in [-0.2, 0) is 0 Å². The number of aromatic nitrogens is 3. The van der Waals surface area contributed by atoms with Crippen molar-refractivity contribution in [3.8, 4) is 6.01 Å². The average molecular weight is 251 g/mol. The lowest BCUT2D eigenvalue weighted by atomic mass is 10.6. The molecular formula is C8H12F3N5O. The van der Waals surface area contributed by atoms with Gasteiger partial charge in [-0.15, -0.1) is 0 Å². The van der Waals surface area contributed by atoms with E-state index in [2.05, 4.69) is 25.6 Å². The Bertz CT molecular complexity index is 371. The molecule has 0 bridgehead atoms. The third-order valence-corrected chi connectivity index (χ3v) is 1.58. The number of anilines is 2. The largest absolute Gasteiger partial charge is 0.467 e. The van der Waals surface area contributed by atoms with Gasteiger partial charge in [0.1, 0.15) is 6.54 Å². The molecule has 0 saturated heterocycles. The lowest BCUT2D eigenvalue weighted by Crippen LogP contribution is -2.23. The van der Waals surface area contributed by atoms with Gasteiger partial charge in [0.15, 0.2) is 0 Å². The minimum absolute atomic E-state index is 0.0550. The molecule has 0 amide bonds. The van der Waals surface area contributed by atoms with E-state index in [1.807, 2.05) is 0 Å². The molecule has 0 aliphatic carbocycles. The number of nitrogens with one attached hydrogen (secondary N) is 2. The molecule has 0 aromatic carbocycles. The van der Waals surface area contributed by atoms with Crippen molar-refractivity contribution < 1.29 is 17.9 Å². The summed E-state index contributed by atoms with van der Waals surface area (Å²) in [6.07, 6.45) is -4.34. The highest BCUT2D eigenvalue weighted by atomic mass is 19.4. The highest BCUT2D eigenvalue weighted by Gasteiger charge is 2.27. The fraction of sp³-hybridized carbons (Fsp3) is 0.625. The quantitative estimate of drug-likeness (QED) is 0.821. The number of rotatable bonds is 5. The minimum Gasteiger partial charge on any atom is -0.467 e. The number of ether oxygens (including phenoxy) is 1. The zero-order valence-electron chi connectivity index (χ0n) is 9.30. The normalized spacial score (nSPS) is 11.1. The van der Waals surface area contributed by atoms with Crippen LogP contribution in [0.2, 0.25) is 0 Å². The van der Waals surface area contributed by atoms with Crippen molar-refractivity contribution in [2.75, 3.05) is 30.8 Å². The molecule has 0 radical (unpaired) electrons. The SMILES string of the molecule is CCNc1nc(NCC(F)(F)F)nc(OC)n1. The Morgan fingerprint density at radius 2 is 1.71 bits per heavy atom. The topological polar surface area (TPSA) is 72.0 Å². The summed E-state index contributed by atoms with van der Waals surface area (Å²) in [6, 6.07) is -0.0550. The molecule has 1 rings (SSSR count). The zero-order valence-corrected chi connectivity index (χ0v) is 9.30. The van der Waals surface area contributed by atoms with Crippen molar-refractivity contribution >= 4 is 11.9 Å². The van der Waals surface area contributed by atoms with Gasteiger partial charge in [0, 0.05) is 6.54 Å². The van der Waals surface area contributed by atoms with Gasteiger partial charge in [-0.2, -0.15) is 28.1 Å². The van der Waals surface area contributed by atoms with Crippen LogP contribution in [0.3, 0.4) is 0 Å². The van der Waals surface area contributed by atoms with E-state index in [4.69, 9.17) is 4.74 Å². The van der Waals surface area contributed by atoms with E-state index in [-0.39, 0.29) is 17.9 Å². The Morgan fingerprint density at radius 1 is 1.12 bits per heavy atom. The van der Waals surface area contributed by atoms with E-state index in [1.54, 1.807) is 6.92 Å². The maximum absolute atomic E-state index is 12.0. The molecule has 0 atom stereocenters.